The zero-order chi connectivity index (χ0) is 13.2. The van der Waals surface area contributed by atoms with E-state index < -0.39 is 9.84 Å². The van der Waals surface area contributed by atoms with E-state index in [1.807, 2.05) is 20.8 Å². The monoisotopic (exact) mass is 276 g/mol. The number of thiazole rings is 1. The van der Waals surface area contributed by atoms with Crippen LogP contribution in [0.25, 0.3) is 0 Å². The van der Waals surface area contributed by atoms with Gasteiger partial charge in [0.25, 0.3) is 0 Å². The molecule has 17 heavy (non-hydrogen) atoms. The first-order valence-corrected chi connectivity index (χ1v) is 8.36. The molecule has 1 rings (SSSR count). The molecule has 0 radical (unpaired) electrons. The molecule has 1 heterocycles. The molecule has 98 valence electrons. The summed E-state index contributed by atoms with van der Waals surface area (Å²) in [5.41, 5.74) is 6.82. The van der Waals surface area contributed by atoms with Crippen molar-refractivity contribution in [3.63, 3.8) is 0 Å². The van der Waals surface area contributed by atoms with Crippen molar-refractivity contribution in [1.29, 1.82) is 0 Å². The predicted molar refractivity (Wildman–Crippen MR) is 72.0 cm³/mol. The zero-order valence-electron chi connectivity index (χ0n) is 10.7. The van der Waals surface area contributed by atoms with Gasteiger partial charge in [0.1, 0.15) is 10.8 Å². The summed E-state index contributed by atoms with van der Waals surface area (Å²) in [4.78, 5) is 5.42. The van der Waals surface area contributed by atoms with Crippen molar-refractivity contribution in [3.05, 3.63) is 15.6 Å². The van der Waals surface area contributed by atoms with Gasteiger partial charge < -0.3 is 5.73 Å². The second kappa shape index (κ2) is 5.46. The predicted octanol–water partition coefficient (Wildman–Crippen LogP) is 2.22. The Balaban J connectivity index is 3.09. The Morgan fingerprint density at radius 2 is 1.94 bits per heavy atom. The number of sulfone groups is 1. The van der Waals surface area contributed by atoms with Gasteiger partial charge in [-0.05, 0) is 12.8 Å². The molecule has 0 fully saturated rings. The standard InChI is InChI=1S/C11H20N2O2S2/c1-5-17(14,15)6-9-13-10(7(2)3)11(16-9)8(4)12/h7-8H,5-6,12H2,1-4H3. The molecule has 0 saturated heterocycles. The molecule has 0 aliphatic rings. The van der Waals surface area contributed by atoms with E-state index in [1.54, 1.807) is 6.92 Å². The van der Waals surface area contributed by atoms with Gasteiger partial charge in [-0.1, -0.05) is 20.8 Å². The Hall–Kier alpha value is -0.460. The number of nitrogens with zero attached hydrogens (tertiary/aromatic N) is 1. The molecule has 0 saturated carbocycles. The highest BCUT2D eigenvalue weighted by Crippen LogP contribution is 2.30. The molecular formula is C11H20N2O2S2. The van der Waals surface area contributed by atoms with Crippen LogP contribution in [0.5, 0.6) is 0 Å². The Morgan fingerprint density at radius 3 is 2.29 bits per heavy atom. The van der Waals surface area contributed by atoms with E-state index >= 15 is 0 Å². The number of hydrogen-bond donors (Lipinski definition) is 1. The van der Waals surface area contributed by atoms with Crippen LogP contribution in [0.2, 0.25) is 0 Å². The fourth-order valence-electron chi connectivity index (χ4n) is 1.48. The van der Waals surface area contributed by atoms with E-state index in [-0.39, 0.29) is 23.5 Å². The molecule has 6 heteroatoms. The van der Waals surface area contributed by atoms with E-state index in [4.69, 9.17) is 5.73 Å². The van der Waals surface area contributed by atoms with Gasteiger partial charge in [0, 0.05) is 16.7 Å². The van der Waals surface area contributed by atoms with Crippen LogP contribution in [0.4, 0.5) is 0 Å². The third kappa shape index (κ3) is 3.76. The SMILES string of the molecule is CCS(=O)(=O)Cc1nc(C(C)C)c(C(C)N)s1. The second-order valence-corrected chi connectivity index (χ2v) is 7.95. The molecule has 1 aromatic rings. The second-order valence-electron chi connectivity index (χ2n) is 4.48. The Morgan fingerprint density at radius 1 is 1.35 bits per heavy atom. The molecule has 0 aromatic carbocycles. The maximum atomic E-state index is 11.6. The fourth-order valence-corrected chi connectivity index (χ4v) is 3.87. The van der Waals surface area contributed by atoms with Crippen LogP contribution in [0, 0.1) is 0 Å². The van der Waals surface area contributed by atoms with Gasteiger partial charge >= 0.3 is 0 Å². The van der Waals surface area contributed by atoms with Gasteiger partial charge in [0.15, 0.2) is 9.84 Å². The molecule has 4 nitrogen and oxygen atoms in total. The van der Waals surface area contributed by atoms with E-state index in [0.717, 1.165) is 10.6 Å². The first kappa shape index (κ1) is 14.6. The van der Waals surface area contributed by atoms with Crippen LogP contribution < -0.4 is 5.73 Å². The number of aromatic nitrogens is 1. The van der Waals surface area contributed by atoms with Crippen LogP contribution in [0.15, 0.2) is 0 Å². The maximum absolute atomic E-state index is 11.6. The summed E-state index contributed by atoms with van der Waals surface area (Å²) < 4.78 is 23.1. The summed E-state index contributed by atoms with van der Waals surface area (Å²) in [6, 6.07) is -0.0945. The van der Waals surface area contributed by atoms with Crippen LogP contribution in [-0.4, -0.2) is 19.2 Å². The fraction of sp³-hybridized carbons (Fsp3) is 0.727. The average Bonchev–Trinajstić information content (AvgIpc) is 2.61. The lowest BCUT2D eigenvalue weighted by Gasteiger charge is -2.07. The molecule has 0 aliphatic carbocycles. The summed E-state index contributed by atoms with van der Waals surface area (Å²) in [6.07, 6.45) is 0. The average molecular weight is 276 g/mol. The lowest BCUT2D eigenvalue weighted by molar-refractivity contribution is 0.596. The Labute approximate surface area is 107 Å². The topological polar surface area (TPSA) is 73.0 Å². The van der Waals surface area contributed by atoms with Gasteiger partial charge in [0.05, 0.1) is 5.69 Å². The van der Waals surface area contributed by atoms with Gasteiger partial charge in [-0.2, -0.15) is 0 Å². The Bertz CT molecular complexity index is 450. The maximum Gasteiger partial charge on any atom is 0.156 e. The first-order chi connectivity index (χ1) is 7.76. The first-order valence-electron chi connectivity index (χ1n) is 5.72. The van der Waals surface area contributed by atoms with Crippen molar-refractivity contribution in [2.45, 2.75) is 45.4 Å². The third-order valence-corrected chi connectivity index (χ3v) is 5.52. The van der Waals surface area contributed by atoms with Crippen LogP contribution >= 0.6 is 11.3 Å². The molecule has 0 spiro atoms. The van der Waals surface area contributed by atoms with E-state index in [1.165, 1.54) is 11.3 Å². The van der Waals surface area contributed by atoms with Gasteiger partial charge in [0.2, 0.25) is 0 Å². The highest BCUT2D eigenvalue weighted by Gasteiger charge is 2.19. The molecule has 0 bridgehead atoms. The molecular weight excluding hydrogens is 256 g/mol. The minimum absolute atomic E-state index is 0.0284. The van der Waals surface area contributed by atoms with Crippen molar-refractivity contribution >= 4 is 21.2 Å². The van der Waals surface area contributed by atoms with Crippen molar-refractivity contribution in [1.82, 2.24) is 4.98 Å². The normalized spacial score (nSPS) is 14.2. The number of rotatable bonds is 5. The summed E-state index contributed by atoms with van der Waals surface area (Å²) in [5.74, 6) is 0.447. The number of hydrogen-bond acceptors (Lipinski definition) is 5. The molecule has 1 atom stereocenters. The molecule has 2 N–H and O–H groups in total. The minimum Gasteiger partial charge on any atom is -0.323 e. The highest BCUT2D eigenvalue weighted by atomic mass is 32.2. The summed E-state index contributed by atoms with van der Waals surface area (Å²) in [7, 11) is -3.02. The largest absolute Gasteiger partial charge is 0.323 e. The van der Waals surface area contributed by atoms with Gasteiger partial charge in [-0.15, -0.1) is 11.3 Å². The summed E-state index contributed by atoms with van der Waals surface area (Å²) in [6.45, 7) is 7.63. The molecule has 1 aromatic heterocycles. The smallest absolute Gasteiger partial charge is 0.156 e. The van der Waals surface area contributed by atoms with Gasteiger partial charge in [-0.3, -0.25) is 0 Å². The molecule has 0 amide bonds. The molecule has 0 aliphatic heterocycles. The minimum atomic E-state index is -3.02. The van der Waals surface area contributed by atoms with Crippen molar-refractivity contribution in [2.24, 2.45) is 5.73 Å². The third-order valence-electron chi connectivity index (χ3n) is 2.47. The van der Waals surface area contributed by atoms with Crippen molar-refractivity contribution < 1.29 is 8.42 Å². The zero-order valence-corrected chi connectivity index (χ0v) is 12.4. The Kier molecular flexibility index (Phi) is 4.69. The summed E-state index contributed by atoms with van der Waals surface area (Å²) >= 11 is 1.42. The van der Waals surface area contributed by atoms with E-state index in [2.05, 4.69) is 4.98 Å². The molecule has 1 unspecified atom stereocenters. The quantitative estimate of drug-likeness (QED) is 0.895. The van der Waals surface area contributed by atoms with Crippen molar-refractivity contribution in [3.8, 4) is 0 Å². The van der Waals surface area contributed by atoms with Gasteiger partial charge in [-0.25, -0.2) is 13.4 Å². The van der Waals surface area contributed by atoms with Crippen LogP contribution in [0.3, 0.4) is 0 Å². The highest BCUT2D eigenvalue weighted by molar-refractivity contribution is 7.90. The van der Waals surface area contributed by atoms with Crippen LogP contribution in [0.1, 0.15) is 55.2 Å². The van der Waals surface area contributed by atoms with Crippen LogP contribution in [-0.2, 0) is 15.6 Å². The van der Waals surface area contributed by atoms with E-state index in [0.29, 0.717) is 5.01 Å². The summed E-state index contributed by atoms with van der Waals surface area (Å²) in [5, 5.41) is 0.655. The van der Waals surface area contributed by atoms with E-state index in [9.17, 15) is 8.42 Å². The lowest BCUT2D eigenvalue weighted by Crippen LogP contribution is -2.07. The number of nitrogens with two attached hydrogens (primary N) is 1. The van der Waals surface area contributed by atoms with Crippen molar-refractivity contribution in [2.75, 3.05) is 5.75 Å². The lowest BCUT2D eigenvalue weighted by atomic mass is 10.1.